The molecule has 0 saturated carbocycles. The predicted molar refractivity (Wildman–Crippen MR) is 67.0 cm³/mol. The Kier molecular flexibility index (Phi) is 4.40. The number of alkyl halides is 1. The van der Waals surface area contributed by atoms with Crippen LogP contribution >= 0.6 is 11.6 Å². The van der Waals surface area contributed by atoms with E-state index in [1.807, 2.05) is 30.3 Å². The van der Waals surface area contributed by atoms with Crippen molar-refractivity contribution in [1.29, 1.82) is 0 Å². The number of amides is 1. The van der Waals surface area contributed by atoms with Gasteiger partial charge in [0.15, 0.2) is 0 Å². The van der Waals surface area contributed by atoms with Crippen LogP contribution in [0.4, 0.5) is 0 Å². The average Bonchev–Trinajstić information content (AvgIpc) is 2.89. The molecule has 4 heteroatoms. The Balaban J connectivity index is 1.83. The van der Waals surface area contributed by atoms with E-state index in [0.717, 1.165) is 25.0 Å². The molecule has 92 valence electrons. The fourth-order valence-corrected chi connectivity index (χ4v) is 2.11. The number of rotatable bonds is 4. The van der Waals surface area contributed by atoms with Crippen LogP contribution < -0.4 is 5.32 Å². The van der Waals surface area contributed by atoms with Gasteiger partial charge in [-0.25, -0.2) is 0 Å². The molecule has 3 nitrogen and oxygen atoms in total. The monoisotopic (exact) mass is 253 g/mol. The average molecular weight is 254 g/mol. The summed E-state index contributed by atoms with van der Waals surface area (Å²) in [4.78, 5) is 11.8. The van der Waals surface area contributed by atoms with Gasteiger partial charge >= 0.3 is 0 Å². The van der Waals surface area contributed by atoms with Gasteiger partial charge in [-0.1, -0.05) is 30.3 Å². The van der Waals surface area contributed by atoms with Crippen LogP contribution in [0.15, 0.2) is 30.3 Å². The highest BCUT2D eigenvalue weighted by molar-refractivity contribution is 6.30. The fourth-order valence-electron chi connectivity index (χ4n) is 1.88. The van der Waals surface area contributed by atoms with Gasteiger partial charge in [0.1, 0.15) is 5.38 Å². The Labute approximate surface area is 106 Å². The molecule has 1 fully saturated rings. The van der Waals surface area contributed by atoms with Gasteiger partial charge in [0.05, 0.1) is 6.10 Å². The van der Waals surface area contributed by atoms with Crippen LogP contribution in [-0.2, 0) is 9.53 Å². The first-order chi connectivity index (χ1) is 8.27. The maximum Gasteiger partial charge on any atom is 0.242 e. The first kappa shape index (κ1) is 12.4. The van der Waals surface area contributed by atoms with Crippen molar-refractivity contribution in [2.75, 3.05) is 13.2 Å². The lowest BCUT2D eigenvalue weighted by Gasteiger charge is -2.13. The zero-order valence-corrected chi connectivity index (χ0v) is 10.3. The second kappa shape index (κ2) is 6.03. The quantitative estimate of drug-likeness (QED) is 0.836. The molecule has 1 aromatic rings. The van der Waals surface area contributed by atoms with E-state index in [-0.39, 0.29) is 12.0 Å². The third kappa shape index (κ3) is 3.45. The number of hydrogen-bond acceptors (Lipinski definition) is 2. The van der Waals surface area contributed by atoms with Gasteiger partial charge < -0.3 is 10.1 Å². The standard InChI is InChI=1S/C13H16ClNO2/c14-12(10-5-2-1-3-6-10)13(16)15-9-11-7-4-8-17-11/h1-3,5-6,11-12H,4,7-9H2,(H,15,16). The molecule has 2 atom stereocenters. The zero-order valence-electron chi connectivity index (χ0n) is 9.56. The lowest BCUT2D eigenvalue weighted by atomic mass is 10.1. The highest BCUT2D eigenvalue weighted by atomic mass is 35.5. The summed E-state index contributed by atoms with van der Waals surface area (Å²) in [5.41, 5.74) is 0.819. The molecular formula is C13H16ClNO2. The van der Waals surface area contributed by atoms with Crippen molar-refractivity contribution >= 4 is 17.5 Å². The Morgan fingerprint density at radius 1 is 1.47 bits per heavy atom. The Morgan fingerprint density at radius 2 is 2.24 bits per heavy atom. The van der Waals surface area contributed by atoms with E-state index in [0.29, 0.717) is 6.54 Å². The minimum atomic E-state index is -0.627. The van der Waals surface area contributed by atoms with Gasteiger partial charge in [0, 0.05) is 13.2 Å². The van der Waals surface area contributed by atoms with Crippen molar-refractivity contribution in [3.8, 4) is 0 Å². The number of benzene rings is 1. The summed E-state index contributed by atoms with van der Waals surface area (Å²) in [6.45, 7) is 1.35. The molecule has 1 aliphatic rings. The highest BCUT2D eigenvalue weighted by Crippen LogP contribution is 2.20. The van der Waals surface area contributed by atoms with Crippen LogP contribution in [0.1, 0.15) is 23.8 Å². The summed E-state index contributed by atoms with van der Waals surface area (Å²) < 4.78 is 5.43. The summed E-state index contributed by atoms with van der Waals surface area (Å²) in [6.07, 6.45) is 2.24. The lowest BCUT2D eigenvalue weighted by Crippen LogP contribution is -2.33. The van der Waals surface area contributed by atoms with Crippen molar-refractivity contribution in [2.45, 2.75) is 24.3 Å². The molecule has 0 aromatic heterocycles. The highest BCUT2D eigenvalue weighted by Gasteiger charge is 2.20. The van der Waals surface area contributed by atoms with E-state index in [1.54, 1.807) is 0 Å². The number of hydrogen-bond donors (Lipinski definition) is 1. The number of carbonyl (C=O) groups excluding carboxylic acids is 1. The summed E-state index contributed by atoms with van der Waals surface area (Å²) in [7, 11) is 0. The van der Waals surface area contributed by atoms with Crippen molar-refractivity contribution in [2.24, 2.45) is 0 Å². The predicted octanol–water partition coefficient (Wildman–Crippen LogP) is 2.26. The van der Waals surface area contributed by atoms with Gasteiger partial charge in [-0.3, -0.25) is 4.79 Å². The Hall–Kier alpha value is -1.06. The van der Waals surface area contributed by atoms with Gasteiger partial charge in [0.25, 0.3) is 0 Å². The van der Waals surface area contributed by atoms with E-state index >= 15 is 0 Å². The molecule has 17 heavy (non-hydrogen) atoms. The van der Waals surface area contributed by atoms with Gasteiger partial charge in [-0.15, -0.1) is 11.6 Å². The van der Waals surface area contributed by atoms with Gasteiger partial charge in [-0.05, 0) is 18.4 Å². The van der Waals surface area contributed by atoms with Crippen molar-refractivity contribution < 1.29 is 9.53 Å². The van der Waals surface area contributed by atoms with Crippen LogP contribution in [0.5, 0.6) is 0 Å². The van der Waals surface area contributed by atoms with Crippen molar-refractivity contribution in [3.63, 3.8) is 0 Å². The van der Waals surface area contributed by atoms with Gasteiger partial charge in [-0.2, -0.15) is 0 Å². The largest absolute Gasteiger partial charge is 0.376 e. The summed E-state index contributed by atoms with van der Waals surface area (Å²) in [6, 6.07) is 9.35. The molecule has 0 radical (unpaired) electrons. The fraction of sp³-hybridized carbons (Fsp3) is 0.462. The molecule has 1 aliphatic heterocycles. The number of carbonyl (C=O) groups is 1. The van der Waals surface area contributed by atoms with Gasteiger partial charge in [0.2, 0.25) is 5.91 Å². The van der Waals surface area contributed by atoms with E-state index in [4.69, 9.17) is 16.3 Å². The lowest BCUT2D eigenvalue weighted by molar-refractivity contribution is -0.121. The number of halogens is 1. The van der Waals surface area contributed by atoms with Crippen LogP contribution in [0, 0.1) is 0 Å². The van der Waals surface area contributed by atoms with E-state index in [9.17, 15) is 4.79 Å². The molecule has 2 rings (SSSR count). The molecule has 0 spiro atoms. The third-order valence-corrected chi connectivity index (χ3v) is 3.30. The normalized spacial score (nSPS) is 21.1. The number of ether oxygens (including phenoxy) is 1. The van der Waals surface area contributed by atoms with Crippen LogP contribution in [-0.4, -0.2) is 25.2 Å². The molecule has 1 saturated heterocycles. The Morgan fingerprint density at radius 3 is 2.88 bits per heavy atom. The molecule has 0 aliphatic carbocycles. The minimum absolute atomic E-state index is 0.151. The van der Waals surface area contributed by atoms with E-state index in [2.05, 4.69) is 5.32 Å². The smallest absolute Gasteiger partial charge is 0.242 e. The molecule has 1 heterocycles. The molecule has 1 N–H and O–H groups in total. The molecule has 1 aromatic carbocycles. The molecular weight excluding hydrogens is 238 g/mol. The summed E-state index contributed by atoms with van der Waals surface area (Å²) in [5, 5.41) is 2.20. The minimum Gasteiger partial charge on any atom is -0.376 e. The SMILES string of the molecule is O=C(NCC1CCCO1)C(Cl)c1ccccc1. The van der Waals surface area contributed by atoms with Crippen LogP contribution in [0.25, 0.3) is 0 Å². The molecule has 1 amide bonds. The summed E-state index contributed by atoms with van der Waals surface area (Å²) >= 11 is 6.09. The first-order valence-corrected chi connectivity index (χ1v) is 6.29. The van der Waals surface area contributed by atoms with Crippen molar-refractivity contribution in [1.82, 2.24) is 5.32 Å². The number of nitrogens with one attached hydrogen (secondary N) is 1. The maximum absolute atomic E-state index is 11.8. The Bertz CT molecular complexity index is 363. The van der Waals surface area contributed by atoms with E-state index < -0.39 is 5.38 Å². The molecule has 2 unspecified atom stereocenters. The van der Waals surface area contributed by atoms with Crippen molar-refractivity contribution in [3.05, 3.63) is 35.9 Å². The molecule has 0 bridgehead atoms. The second-order valence-electron chi connectivity index (χ2n) is 4.15. The summed E-state index contributed by atoms with van der Waals surface area (Å²) in [5.74, 6) is -0.159. The van der Waals surface area contributed by atoms with E-state index in [1.165, 1.54) is 0 Å². The third-order valence-electron chi connectivity index (χ3n) is 2.85. The zero-order chi connectivity index (χ0) is 12.1. The second-order valence-corrected chi connectivity index (χ2v) is 4.59. The van der Waals surface area contributed by atoms with Crippen LogP contribution in [0.3, 0.4) is 0 Å². The maximum atomic E-state index is 11.8. The topological polar surface area (TPSA) is 38.3 Å². The first-order valence-electron chi connectivity index (χ1n) is 5.85. The van der Waals surface area contributed by atoms with Crippen LogP contribution in [0.2, 0.25) is 0 Å².